The molecule has 4 aromatic rings. The van der Waals surface area contributed by atoms with Crippen molar-refractivity contribution < 1.29 is 23.5 Å². The van der Waals surface area contributed by atoms with Crippen molar-refractivity contribution in [1.29, 1.82) is 0 Å². The van der Waals surface area contributed by atoms with E-state index in [1.807, 2.05) is 57.2 Å². The van der Waals surface area contributed by atoms with Crippen LogP contribution in [0.3, 0.4) is 0 Å². The Morgan fingerprint density at radius 1 is 1.03 bits per heavy atom. The molecule has 2 amide bonds. The molecule has 0 unspecified atom stereocenters. The zero-order chi connectivity index (χ0) is 26.5. The number of allylic oxidation sites excluding steroid dienone is 1. The number of hydrogen-bond acceptors (Lipinski definition) is 5. The van der Waals surface area contributed by atoms with Gasteiger partial charge in [0.2, 0.25) is 11.8 Å². The summed E-state index contributed by atoms with van der Waals surface area (Å²) in [6, 6.07) is 17.1. The van der Waals surface area contributed by atoms with Crippen LogP contribution in [-0.2, 0) is 9.59 Å². The first-order chi connectivity index (χ1) is 17.8. The summed E-state index contributed by atoms with van der Waals surface area (Å²) in [7, 11) is 1.52. The summed E-state index contributed by atoms with van der Waals surface area (Å²) in [5.41, 5.74) is 6.17. The molecule has 0 aliphatic rings. The van der Waals surface area contributed by atoms with Crippen molar-refractivity contribution in [1.82, 2.24) is 0 Å². The minimum atomic E-state index is -0.341. The molecule has 0 saturated carbocycles. The van der Waals surface area contributed by atoms with Crippen molar-refractivity contribution >= 4 is 39.7 Å². The lowest BCUT2D eigenvalue weighted by Gasteiger charge is -2.15. The van der Waals surface area contributed by atoms with Crippen molar-refractivity contribution in [2.45, 2.75) is 27.7 Å². The van der Waals surface area contributed by atoms with Gasteiger partial charge in [-0.2, -0.15) is 0 Å². The summed E-state index contributed by atoms with van der Waals surface area (Å²) in [5, 5.41) is 6.52. The topological polar surface area (TPSA) is 89.8 Å². The Morgan fingerprint density at radius 3 is 2.46 bits per heavy atom. The second kappa shape index (κ2) is 11.0. The number of furan rings is 1. The van der Waals surface area contributed by atoms with Crippen molar-refractivity contribution in [3.63, 3.8) is 0 Å². The van der Waals surface area contributed by atoms with Crippen LogP contribution in [0.5, 0.6) is 11.5 Å². The van der Waals surface area contributed by atoms with Gasteiger partial charge in [0.1, 0.15) is 17.1 Å². The lowest BCUT2D eigenvalue weighted by Crippen LogP contribution is -2.11. The molecule has 0 aliphatic heterocycles. The fourth-order valence-corrected chi connectivity index (χ4v) is 4.31. The van der Waals surface area contributed by atoms with Gasteiger partial charge in [-0.1, -0.05) is 30.3 Å². The van der Waals surface area contributed by atoms with Gasteiger partial charge < -0.3 is 24.5 Å². The number of nitrogens with one attached hydrogen (secondary N) is 2. The first kappa shape index (κ1) is 25.6. The molecule has 1 heterocycles. The van der Waals surface area contributed by atoms with Crippen molar-refractivity contribution in [3.8, 4) is 22.6 Å². The normalized spacial score (nSPS) is 11.3. The smallest absolute Gasteiger partial charge is 0.248 e. The zero-order valence-electron chi connectivity index (χ0n) is 21.6. The third-order valence-corrected chi connectivity index (χ3v) is 5.97. The van der Waals surface area contributed by atoms with Gasteiger partial charge in [0.05, 0.1) is 25.7 Å². The molecule has 2 N–H and O–H groups in total. The second-order valence-electron chi connectivity index (χ2n) is 8.62. The van der Waals surface area contributed by atoms with E-state index in [1.165, 1.54) is 20.1 Å². The molecule has 0 aliphatic carbocycles. The summed E-state index contributed by atoms with van der Waals surface area (Å²) in [6.07, 6.45) is 3.28. The van der Waals surface area contributed by atoms with E-state index in [-0.39, 0.29) is 11.8 Å². The van der Waals surface area contributed by atoms with Gasteiger partial charge in [-0.05, 0) is 56.2 Å². The summed E-state index contributed by atoms with van der Waals surface area (Å²) in [4.78, 5) is 24.5. The highest BCUT2D eigenvalue weighted by Gasteiger charge is 2.19. The number of amides is 2. The number of carbonyl (C=O) groups is 2. The van der Waals surface area contributed by atoms with Crippen molar-refractivity contribution in [2.75, 3.05) is 24.4 Å². The van der Waals surface area contributed by atoms with Gasteiger partial charge in [0.25, 0.3) is 0 Å². The average Bonchev–Trinajstić information content (AvgIpc) is 3.30. The molecule has 0 radical (unpaired) electrons. The standard InChI is InChI=1S/C30H30N2O5/c1-6-36-29-19(3)30-24(25(17-37-30)21-10-8-7-9-11-21)16-23(29)18(2)14-28(34)32-26-15-22(31-20(4)33)12-13-27(26)35-5/h7-17H,6H2,1-5H3,(H,31,33)(H,32,34)/b18-14+. The molecule has 0 saturated heterocycles. The maximum Gasteiger partial charge on any atom is 0.248 e. The molecule has 0 spiro atoms. The number of rotatable bonds is 8. The number of anilines is 2. The fourth-order valence-electron chi connectivity index (χ4n) is 4.31. The Morgan fingerprint density at radius 2 is 1.78 bits per heavy atom. The van der Waals surface area contributed by atoms with E-state index in [1.54, 1.807) is 24.5 Å². The number of ether oxygens (including phenoxy) is 2. The van der Waals surface area contributed by atoms with E-state index < -0.39 is 0 Å². The molecular weight excluding hydrogens is 468 g/mol. The molecule has 4 rings (SSSR count). The number of methoxy groups -OCH3 is 1. The van der Waals surface area contributed by atoms with E-state index in [2.05, 4.69) is 10.6 Å². The quantitative estimate of drug-likeness (QED) is 0.260. The maximum absolute atomic E-state index is 13.1. The van der Waals surface area contributed by atoms with Crippen LogP contribution >= 0.6 is 0 Å². The first-order valence-electron chi connectivity index (χ1n) is 12.0. The Hall–Kier alpha value is -4.52. The second-order valence-corrected chi connectivity index (χ2v) is 8.62. The maximum atomic E-state index is 13.1. The van der Waals surface area contributed by atoms with Crippen LogP contribution in [0.25, 0.3) is 27.7 Å². The van der Waals surface area contributed by atoms with Gasteiger partial charge in [-0.25, -0.2) is 0 Å². The minimum absolute atomic E-state index is 0.207. The molecular formula is C30H30N2O5. The first-order valence-corrected chi connectivity index (χ1v) is 12.0. The summed E-state index contributed by atoms with van der Waals surface area (Å²) in [6.45, 7) is 7.65. The molecule has 7 nitrogen and oxygen atoms in total. The molecule has 190 valence electrons. The summed E-state index contributed by atoms with van der Waals surface area (Å²) in [5.74, 6) is 0.607. The molecule has 3 aromatic carbocycles. The van der Waals surface area contributed by atoms with E-state index in [4.69, 9.17) is 13.9 Å². The minimum Gasteiger partial charge on any atom is -0.495 e. The number of hydrogen-bond donors (Lipinski definition) is 2. The van der Waals surface area contributed by atoms with E-state index in [9.17, 15) is 9.59 Å². The predicted octanol–water partition coefficient (Wildman–Crippen LogP) is 6.82. The van der Waals surface area contributed by atoms with Crippen LogP contribution in [0.2, 0.25) is 0 Å². The summed E-state index contributed by atoms with van der Waals surface area (Å²) < 4.78 is 17.3. The van der Waals surface area contributed by atoms with Crippen LogP contribution in [0.1, 0.15) is 31.9 Å². The zero-order valence-corrected chi connectivity index (χ0v) is 21.6. The SMILES string of the molecule is CCOc1c(/C(C)=C/C(=O)Nc2cc(NC(C)=O)ccc2OC)cc2c(-c3ccccc3)coc2c1C. The van der Waals surface area contributed by atoms with Gasteiger partial charge in [-0.15, -0.1) is 0 Å². The van der Waals surface area contributed by atoms with E-state index >= 15 is 0 Å². The average molecular weight is 499 g/mol. The largest absolute Gasteiger partial charge is 0.495 e. The Kier molecular flexibility index (Phi) is 7.63. The number of aryl methyl sites for hydroxylation is 1. The summed E-state index contributed by atoms with van der Waals surface area (Å²) >= 11 is 0. The van der Waals surface area contributed by atoms with Crippen LogP contribution in [0, 0.1) is 6.92 Å². The Labute approximate surface area is 216 Å². The Bertz CT molecular complexity index is 1490. The van der Waals surface area contributed by atoms with E-state index in [0.717, 1.165) is 38.8 Å². The molecule has 37 heavy (non-hydrogen) atoms. The van der Waals surface area contributed by atoms with Gasteiger partial charge in [0.15, 0.2) is 0 Å². The third-order valence-electron chi connectivity index (χ3n) is 5.97. The van der Waals surface area contributed by atoms with Crippen LogP contribution in [-0.4, -0.2) is 25.5 Å². The molecule has 0 fully saturated rings. The number of carbonyl (C=O) groups excluding carboxylic acids is 2. The lowest BCUT2D eigenvalue weighted by atomic mass is 9.96. The number of benzene rings is 3. The van der Waals surface area contributed by atoms with E-state index in [0.29, 0.717) is 29.5 Å². The Balaban J connectivity index is 1.73. The molecule has 0 bridgehead atoms. The highest BCUT2D eigenvalue weighted by atomic mass is 16.5. The van der Waals surface area contributed by atoms with Crippen molar-refractivity contribution in [2.24, 2.45) is 0 Å². The van der Waals surface area contributed by atoms with Gasteiger partial charge in [-0.3, -0.25) is 9.59 Å². The van der Waals surface area contributed by atoms with Crippen molar-refractivity contribution in [3.05, 3.63) is 78.1 Å². The number of fused-ring (bicyclic) bond motifs is 1. The highest BCUT2D eigenvalue weighted by Crippen LogP contribution is 2.40. The molecule has 7 heteroatoms. The highest BCUT2D eigenvalue weighted by molar-refractivity contribution is 6.07. The predicted molar refractivity (Wildman–Crippen MR) is 147 cm³/mol. The van der Waals surface area contributed by atoms with Gasteiger partial charge in [0, 0.05) is 40.8 Å². The monoisotopic (exact) mass is 498 g/mol. The lowest BCUT2D eigenvalue weighted by molar-refractivity contribution is -0.114. The fraction of sp³-hybridized carbons (Fsp3) is 0.200. The van der Waals surface area contributed by atoms with Crippen LogP contribution < -0.4 is 20.1 Å². The molecule has 0 atom stereocenters. The molecule has 1 aromatic heterocycles. The third kappa shape index (κ3) is 5.51. The van der Waals surface area contributed by atoms with Crippen LogP contribution in [0.15, 0.2) is 71.4 Å². The van der Waals surface area contributed by atoms with Gasteiger partial charge >= 0.3 is 0 Å². The van der Waals surface area contributed by atoms with Crippen LogP contribution in [0.4, 0.5) is 11.4 Å².